The third-order valence-electron chi connectivity index (χ3n) is 2.51. The summed E-state index contributed by atoms with van der Waals surface area (Å²) in [6.45, 7) is -0.289. The van der Waals surface area contributed by atoms with Crippen LogP contribution in [0.2, 0.25) is 0 Å². The predicted octanol–water partition coefficient (Wildman–Crippen LogP) is 2.39. The van der Waals surface area contributed by atoms with Gasteiger partial charge in [0.2, 0.25) is 5.76 Å². The van der Waals surface area contributed by atoms with E-state index in [-0.39, 0.29) is 12.1 Å². The summed E-state index contributed by atoms with van der Waals surface area (Å²) in [7, 11) is 0. The molecule has 1 aromatic heterocycles. The van der Waals surface area contributed by atoms with Crippen molar-refractivity contribution >= 4 is 5.91 Å². The van der Waals surface area contributed by atoms with Crippen LogP contribution in [-0.4, -0.2) is 16.0 Å². The number of carbonyl (C=O) groups is 1. The predicted molar refractivity (Wildman–Crippen MR) is 60.7 cm³/mol. The molecule has 0 aliphatic heterocycles. The van der Waals surface area contributed by atoms with Crippen molar-refractivity contribution in [1.29, 1.82) is 0 Å². The van der Waals surface area contributed by atoms with Crippen LogP contribution < -0.4 is 5.32 Å². The summed E-state index contributed by atoms with van der Waals surface area (Å²) in [4.78, 5) is 14.9. The minimum Gasteiger partial charge on any atom is -0.505 e. The fourth-order valence-corrected chi connectivity index (χ4v) is 1.54. The standard InChI is InChI=1S/C12H9F3N2O3/c13-8-6(2-1-3-7(8)18)4-16-12(19)10-9(11(14)15)17-5-20-10/h1-3,5,11,18H,4H2,(H,16,19). The number of aromatic nitrogens is 1. The Morgan fingerprint density at radius 2 is 2.20 bits per heavy atom. The minimum atomic E-state index is -2.95. The van der Waals surface area contributed by atoms with E-state index in [0.717, 1.165) is 12.5 Å². The lowest BCUT2D eigenvalue weighted by Gasteiger charge is -2.06. The second-order valence-electron chi connectivity index (χ2n) is 3.80. The number of rotatable bonds is 4. The number of aromatic hydroxyl groups is 1. The monoisotopic (exact) mass is 286 g/mol. The average Bonchev–Trinajstić information content (AvgIpc) is 2.89. The highest BCUT2D eigenvalue weighted by Crippen LogP contribution is 2.21. The molecule has 1 amide bonds. The van der Waals surface area contributed by atoms with Gasteiger partial charge in [-0.15, -0.1) is 0 Å². The molecule has 0 atom stereocenters. The maximum Gasteiger partial charge on any atom is 0.289 e. The van der Waals surface area contributed by atoms with Crippen molar-refractivity contribution in [3.05, 3.63) is 47.4 Å². The normalized spacial score (nSPS) is 10.8. The van der Waals surface area contributed by atoms with Crippen molar-refractivity contribution in [2.24, 2.45) is 0 Å². The summed E-state index contributed by atoms with van der Waals surface area (Å²) in [5.41, 5.74) is -0.768. The fraction of sp³-hybridized carbons (Fsp3) is 0.167. The average molecular weight is 286 g/mol. The number of carbonyl (C=O) groups excluding carboxylic acids is 1. The first-order valence-corrected chi connectivity index (χ1v) is 5.46. The van der Waals surface area contributed by atoms with Crippen molar-refractivity contribution in [2.75, 3.05) is 0 Å². The summed E-state index contributed by atoms with van der Waals surface area (Å²) >= 11 is 0. The first-order valence-electron chi connectivity index (χ1n) is 5.46. The maximum atomic E-state index is 13.4. The molecule has 2 aromatic rings. The van der Waals surface area contributed by atoms with Gasteiger partial charge >= 0.3 is 0 Å². The highest BCUT2D eigenvalue weighted by molar-refractivity contribution is 5.92. The number of alkyl halides is 2. The number of amides is 1. The molecule has 0 fully saturated rings. The van der Waals surface area contributed by atoms with Gasteiger partial charge < -0.3 is 14.8 Å². The Balaban J connectivity index is 2.09. The van der Waals surface area contributed by atoms with Crippen molar-refractivity contribution in [3.63, 3.8) is 0 Å². The number of nitrogens with one attached hydrogen (secondary N) is 1. The quantitative estimate of drug-likeness (QED) is 0.904. The molecule has 106 valence electrons. The molecule has 1 heterocycles. The van der Waals surface area contributed by atoms with Crippen LogP contribution in [0.15, 0.2) is 29.0 Å². The van der Waals surface area contributed by atoms with Crippen LogP contribution in [0.5, 0.6) is 5.75 Å². The molecule has 0 spiro atoms. The largest absolute Gasteiger partial charge is 0.505 e. The molecule has 1 aromatic carbocycles. The van der Waals surface area contributed by atoms with Crippen LogP contribution in [0, 0.1) is 5.82 Å². The molecule has 2 N–H and O–H groups in total. The third-order valence-corrected chi connectivity index (χ3v) is 2.51. The van der Waals surface area contributed by atoms with Crippen molar-refractivity contribution in [3.8, 4) is 5.75 Å². The van der Waals surface area contributed by atoms with Crippen LogP contribution >= 0.6 is 0 Å². The Morgan fingerprint density at radius 3 is 2.90 bits per heavy atom. The topological polar surface area (TPSA) is 75.4 Å². The van der Waals surface area contributed by atoms with E-state index in [4.69, 9.17) is 5.11 Å². The van der Waals surface area contributed by atoms with E-state index in [1.807, 2.05) is 0 Å². The fourth-order valence-electron chi connectivity index (χ4n) is 1.54. The van der Waals surface area contributed by atoms with Gasteiger partial charge in [-0.3, -0.25) is 4.79 Å². The molecule has 0 radical (unpaired) electrons. The van der Waals surface area contributed by atoms with Crippen LogP contribution in [0.3, 0.4) is 0 Å². The molecule has 0 bridgehead atoms. The first kappa shape index (κ1) is 13.9. The summed E-state index contributed by atoms with van der Waals surface area (Å²) < 4.78 is 43.0. The zero-order valence-electron chi connectivity index (χ0n) is 9.94. The minimum absolute atomic E-state index is 0.0106. The van der Waals surface area contributed by atoms with E-state index in [9.17, 15) is 18.0 Å². The van der Waals surface area contributed by atoms with Gasteiger partial charge in [0.25, 0.3) is 12.3 Å². The third kappa shape index (κ3) is 2.73. The number of oxazole rings is 1. The number of phenolic OH excluding ortho intramolecular Hbond substituents is 1. The number of phenols is 1. The Labute approximate surface area is 111 Å². The second-order valence-corrected chi connectivity index (χ2v) is 3.80. The molecule has 2 rings (SSSR count). The van der Waals surface area contributed by atoms with Crippen LogP contribution in [0.25, 0.3) is 0 Å². The molecule has 5 nitrogen and oxygen atoms in total. The molecule has 8 heteroatoms. The number of nitrogens with zero attached hydrogens (tertiary/aromatic N) is 1. The molecule has 0 saturated carbocycles. The zero-order chi connectivity index (χ0) is 14.7. The van der Waals surface area contributed by atoms with E-state index < -0.39 is 35.4 Å². The molecular weight excluding hydrogens is 277 g/mol. The van der Waals surface area contributed by atoms with E-state index >= 15 is 0 Å². The highest BCUT2D eigenvalue weighted by Gasteiger charge is 2.23. The summed E-state index contributed by atoms with van der Waals surface area (Å²) in [5.74, 6) is -3.02. The first-order chi connectivity index (χ1) is 9.50. The van der Waals surface area contributed by atoms with Gasteiger partial charge in [0.15, 0.2) is 23.7 Å². The van der Waals surface area contributed by atoms with Gasteiger partial charge in [-0.2, -0.15) is 0 Å². The molecule has 0 aliphatic carbocycles. The van der Waals surface area contributed by atoms with Gasteiger partial charge in [-0.05, 0) is 6.07 Å². The molecule has 20 heavy (non-hydrogen) atoms. The molecule has 0 aliphatic rings. The number of halogens is 3. The van der Waals surface area contributed by atoms with E-state index in [1.54, 1.807) is 0 Å². The lowest BCUT2D eigenvalue weighted by atomic mass is 10.2. The van der Waals surface area contributed by atoms with Gasteiger partial charge in [0, 0.05) is 12.1 Å². The number of hydrogen-bond donors (Lipinski definition) is 2. The van der Waals surface area contributed by atoms with Gasteiger partial charge in [0.1, 0.15) is 0 Å². The maximum absolute atomic E-state index is 13.4. The zero-order valence-corrected chi connectivity index (χ0v) is 9.94. The molecule has 0 saturated heterocycles. The number of benzene rings is 1. The Bertz CT molecular complexity index is 628. The lowest BCUT2D eigenvalue weighted by molar-refractivity contribution is 0.0903. The van der Waals surface area contributed by atoms with Gasteiger partial charge in [-0.1, -0.05) is 12.1 Å². The van der Waals surface area contributed by atoms with Crippen molar-refractivity contribution in [1.82, 2.24) is 10.3 Å². The summed E-state index contributed by atoms with van der Waals surface area (Å²) in [5, 5.41) is 11.4. The SMILES string of the molecule is O=C(NCc1cccc(O)c1F)c1ocnc1C(F)F. The van der Waals surface area contributed by atoms with E-state index in [2.05, 4.69) is 14.7 Å². The highest BCUT2D eigenvalue weighted by atomic mass is 19.3. The van der Waals surface area contributed by atoms with Crippen molar-refractivity contribution < 1.29 is 27.5 Å². The van der Waals surface area contributed by atoms with Crippen LogP contribution in [0.4, 0.5) is 13.2 Å². The summed E-state index contributed by atoms with van der Waals surface area (Å²) in [6, 6.07) is 3.87. The Kier molecular flexibility index (Phi) is 3.92. The van der Waals surface area contributed by atoms with Crippen LogP contribution in [-0.2, 0) is 6.54 Å². The van der Waals surface area contributed by atoms with E-state index in [0.29, 0.717) is 0 Å². The lowest BCUT2D eigenvalue weighted by Crippen LogP contribution is -2.24. The summed E-state index contributed by atoms with van der Waals surface area (Å²) in [6.07, 6.45) is -2.22. The van der Waals surface area contributed by atoms with Gasteiger partial charge in [0.05, 0.1) is 0 Å². The smallest absolute Gasteiger partial charge is 0.289 e. The van der Waals surface area contributed by atoms with Crippen LogP contribution in [0.1, 0.15) is 28.2 Å². The van der Waals surface area contributed by atoms with Gasteiger partial charge in [-0.25, -0.2) is 18.2 Å². The van der Waals surface area contributed by atoms with E-state index in [1.165, 1.54) is 12.1 Å². The van der Waals surface area contributed by atoms with Crippen molar-refractivity contribution in [2.45, 2.75) is 13.0 Å². The number of hydrogen-bond acceptors (Lipinski definition) is 4. The second kappa shape index (κ2) is 5.64. The Hall–Kier alpha value is -2.51. The molecule has 0 unspecified atom stereocenters. The Morgan fingerprint density at radius 1 is 1.45 bits per heavy atom. The molecular formula is C12H9F3N2O3.